The molecule has 7 nitrogen and oxygen atoms in total. The lowest BCUT2D eigenvalue weighted by Crippen LogP contribution is -2.28. The van der Waals surface area contributed by atoms with Crippen LogP contribution in [0.2, 0.25) is 0 Å². The van der Waals surface area contributed by atoms with Gasteiger partial charge in [0.15, 0.2) is 12.4 Å². The number of hydrogen-bond acceptors (Lipinski definition) is 4. The van der Waals surface area contributed by atoms with Crippen LogP contribution in [0.15, 0.2) is 24.5 Å². The SMILES string of the molecule is O=C(NCCO[N+](=O)[O-])c1ccc[nH+]c1. The predicted molar refractivity (Wildman–Crippen MR) is 48.3 cm³/mol. The van der Waals surface area contributed by atoms with E-state index in [1.165, 1.54) is 6.20 Å². The van der Waals surface area contributed by atoms with E-state index >= 15 is 0 Å². The average molecular weight is 212 g/mol. The highest BCUT2D eigenvalue weighted by Crippen LogP contribution is 1.91. The molecule has 0 radical (unpaired) electrons. The molecule has 15 heavy (non-hydrogen) atoms. The summed E-state index contributed by atoms with van der Waals surface area (Å²) in [5, 5.41) is 11.3. The van der Waals surface area contributed by atoms with Crippen LogP contribution >= 0.6 is 0 Å². The minimum Gasteiger partial charge on any atom is -0.350 e. The Morgan fingerprint density at radius 2 is 2.47 bits per heavy atom. The van der Waals surface area contributed by atoms with Crippen LogP contribution in [0.5, 0.6) is 0 Å². The predicted octanol–water partition coefficient (Wildman–Crippen LogP) is -0.561. The first-order chi connectivity index (χ1) is 7.20. The minimum absolute atomic E-state index is 0.0920. The summed E-state index contributed by atoms with van der Waals surface area (Å²) < 4.78 is 0. The number of pyridine rings is 1. The summed E-state index contributed by atoms with van der Waals surface area (Å²) in [6, 6.07) is 3.31. The molecule has 0 saturated carbocycles. The molecule has 7 heteroatoms. The molecule has 0 fully saturated rings. The Balaban J connectivity index is 2.28. The smallest absolute Gasteiger partial charge is 0.294 e. The molecule has 0 aliphatic carbocycles. The number of carbonyl (C=O) groups is 1. The topological polar surface area (TPSA) is 95.6 Å². The van der Waals surface area contributed by atoms with Gasteiger partial charge in [0.2, 0.25) is 0 Å². The van der Waals surface area contributed by atoms with Gasteiger partial charge < -0.3 is 10.2 Å². The van der Waals surface area contributed by atoms with Gasteiger partial charge in [-0.25, -0.2) is 4.98 Å². The maximum Gasteiger partial charge on any atom is 0.294 e. The molecule has 80 valence electrons. The van der Waals surface area contributed by atoms with Gasteiger partial charge in [-0.05, 0) is 6.07 Å². The van der Waals surface area contributed by atoms with E-state index in [-0.39, 0.29) is 19.1 Å². The van der Waals surface area contributed by atoms with Gasteiger partial charge >= 0.3 is 0 Å². The van der Waals surface area contributed by atoms with Crippen molar-refractivity contribution in [3.05, 3.63) is 40.2 Å². The zero-order valence-corrected chi connectivity index (χ0v) is 7.80. The molecule has 0 spiro atoms. The third-order valence-electron chi connectivity index (χ3n) is 1.55. The van der Waals surface area contributed by atoms with Gasteiger partial charge in [-0.15, -0.1) is 10.1 Å². The second kappa shape index (κ2) is 5.53. The summed E-state index contributed by atoms with van der Waals surface area (Å²) in [7, 11) is 0. The largest absolute Gasteiger partial charge is 0.350 e. The van der Waals surface area contributed by atoms with E-state index < -0.39 is 5.09 Å². The maximum absolute atomic E-state index is 11.3. The molecule has 1 aromatic heterocycles. The van der Waals surface area contributed by atoms with E-state index in [0.717, 1.165) is 0 Å². The van der Waals surface area contributed by atoms with Crippen molar-refractivity contribution in [3.8, 4) is 0 Å². The number of aromatic nitrogens is 1. The van der Waals surface area contributed by atoms with Crippen LogP contribution in [0.4, 0.5) is 0 Å². The Morgan fingerprint density at radius 1 is 1.67 bits per heavy atom. The number of carbonyl (C=O) groups excluding carboxylic acids is 1. The van der Waals surface area contributed by atoms with Gasteiger partial charge in [0, 0.05) is 12.6 Å². The van der Waals surface area contributed by atoms with Crippen molar-refractivity contribution in [2.75, 3.05) is 13.2 Å². The van der Waals surface area contributed by atoms with Crippen LogP contribution in [0.1, 0.15) is 10.4 Å². The summed E-state index contributed by atoms with van der Waals surface area (Å²) in [6.45, 7) is -0.0655. The molecule has 0 saturated heterocycles. The van der Waals surface area contributed by atoms with Gasteiger partial charge in [-0.2, -0.15) is 0 Å². The Kier molecular flexibility index (Phi) is 4.02. The van der Waals surface area contributed by atoms with E-state index in [9.17, 15) is 14.9 Å². The molecule has 0 aromatic carbocycles. The number of nitrogens with zero attached hydrogens (tertiary/aromatic N) is 1. The van der Waals surface area contributed by atoms with Crippen LogP contribution < -0.4 is 10.3 Å². The molecule has 1 amide bonds. The Labute approximate surface area is 85.2 Å². The van der Waals surface area contributed by atoms with E-state index in [1.54, 1.807) is 18.3 Å². The second-order valence-electron chi connectivity index (χ2n) is 2.60. The van der Waals surface area contributed by atoms with Gasteiger partial charge in [-0.1, -0.05) is 0 Å². The standard InChI is InChI=1S/C8H9N3O4/c12-8(7-2-1-3-9-6-7)10-4-5-15-11(13)14/h1-3,6H,4-5H2,(H,10,12)/p+1. The monoisotopic (exact) mass is 212 g/mol. The number of hydrogen-bond donors (Lipinski definition) is 1. The fourth-order valence-electron chi connectivity index (χ4n) is 0.921. The van der Waals surface area contributed by atoms with Crippen LogP contribution in [0.3, 0.4) is 0 Å². The van der Waals surface area contributed by atoms with E-state index in [2.05, 4.69) is 15.1 Å². The molecule has 0 atom stereocenters. The third kappa shape index (κ3) is 4.03. The molecule has 1 heterocycles. The zero-order valence-electron chi connectivity index (χ0n) is 7.80. The number of nitrogens with one attached hydrogen (secondary N) is 2. The van der Waals surface area contributed by atoms with Crippen molar-refractivity contribution in [1.29, 1.82) is 0 Å². The highest BCUT2D eigenvalue weighted by Gasteiger charge is 2.06. The van der Waals surface area contributed by atoms with Gasteiger partial charge in [0.25, 0.3) is 11.0 Å². The fraction of sp³-hybridized carbons (Fsp3) is 0.250. The lowest BCUT2D eigenvalue weighted by molar-refractivity contribution is -0.757. The minimum atomic E-state index is -0.900. The molecular weight excluding hydrogens is 202 g/mol. The van der Waals surface area contributed by atoms with Crippen molar-refractivity contribution in [2.24, 2.45) is 0 Å². The average Bonchev–Trinajstić information content (AvgIpc) is 2.25. The van der Waals surface area contributed by atoms with Crippen LogP contribution in [0, 0.1) is 10.1 Å². The van der Waals surface area contributed by atoms with Crippen molar-refractivity contribution < 1.29 is 19.7 Å². The highest BCUT2D eigenvalue weighted by atomic mass is 16.9. The molecular formula is C8H10N3O4+. The number of rotatable bonds is 5. The van der Waals surface area contributed by atoms with E-state index in [1.807, 2.05) is 0 Å². The first-order valence-corrected chi connectivity index (χ1v) is 4.22. The zero-order chi connectivity index (χ0) is 11.1. The van der Waals surface area contributed by atoms with E-state index in [4.69, 9.17) is 0 Å². The lowest BCUT2D eigenvalue weighted by Gasteiger charge is -2.01. The Morgan fingerprint density at radius 3 is 3.07 bits per heavy atom. The first kappa shape index (κ1) is 10.9. The lowest BCUT2D eigenvalue weighted by atomic mass is 10.3. The summed E-state index contributed by atoms with van der Waals surface area (Å²) in [5.74, 6) is -0.307. The van der Waals surface area contributed by atoms with Crippen LogP contribution in [-0.4, -0.2) is 24.1 Å². The normalized spacial score (nSPS) is 9.33. The maximum atomic E-state index is 11.3. The van der Waals surface area contributed by atoms with Crippen molar-refractivity contribution in [3.63, 3.8) is 0 Å². The van der Waals surface area contributed by atoms with Crippen molar-refractivity contribution in [2.45, 2.75) is 0 Å². The molecule has 1 aromatic rings. The second-order valence-corrected chi connectivity index (χ2v) is 2.60. The summed E-state index contributed by atoms with van der Waals surface area (Å²) in [5.41, 5.74) is 0.457. The highest BCUT2D eigenvalue weighted by molar-refractivity contribution is 5.93. The Bertz CT molecular complexity index is 341. The summed E-state index contributed by atoms with van der Waals surface area (Å²) in [4.78, 5) is 27.9. The fourth-order valence-corrected chi connectivity index (χ4v) is 0.921. The van der Waals surface area contributed by atoms with Crippen LogP contribution in [-0.2, 0) is 4.84 Å². The van der Waals surface area contributed by atoms with Crippen molar-refractivity contribution >= 4 is 5.91 Å². The Hall–Kier alpha value is -2.18. The van der Waals surface area contributed by atoms with Crippen molar-refractivity contribution in [1.82, 2.24) is 5.32 Å². The molecule has 0 unspecified atom stereocenters. The van der Waals surface area contributed by atoms with Crippen LogP contribution in [0.25, 0.3) is 0 Å². The van der Waals surface area contributed by atoms with Gasteiger partial charge in [-0.3, -0.25) is 4.79 Å². The van der Waals surface area contributed by atoms with E-state index in [0.29, 0.717) is 5.56 Å². The number of aromatic amines is 1. The number of amides is 1. The summed E-state index contributed by atoms with van der Waals surface area (Å²) in [6.07, 6.45) is 3.20. The summed E-state index contributed by atoms with van der Waals surface area (Å²) >= 11 is 0. The molecule has 0 aliphatic rings. The molecule has 2 N–H and O–H groups in total. The van der Waals surface area contributed by atoms with Gasteiger partial charge in [0.05, 0.1) is 0 Å². The third-order valence-corrected chi connectivity index (χ3v) is 1.55. The molecule has 0 aliphatic heterocycles. The van der Waals surface area contributed by atoms with Gasteiger partial charge in [0.1, 0.15) is 12.2 Å². The quantitative estimate of drug-likeness (QED) is 0.402. The molecule has 1 rings (SSSR count). The molecule has 0 bridgehead atoms. The first-order valence-electron chi connectivity index (χ1n) is 4.22. The number of H-pyrrole nitrogens is 1.